The van der Waals surface area contributed by atoms with Crippen molar-refractivity contribution in [3.8, 4) is 0 Å². The molecule has 116 valence electrons. The molecule has 20 heavy (non-hydrogen) atoms. The summed E-state index contributed by atoms with van der Waals surface area (Å²) in [6.07, 6.45) is 4.01. The summed E-state index contributed by atoms with van der Waals surface area (Å²) < 4.78 is 30.9. The van der Waals surface area contributed by atoms with Crippen LogP contribution < -0.4 is 34.5 Å². The van der Waals surface area contributed by atoms with Gasteiger partial charge >= 0.3 is 29.6 Å². The number of hydrogen-bond acceptors (Lipinski definition) is 6. The Labute approximate surface area is 144 Å². The van der Waals surface area contributed by atoms with E-state index in [9.17, 15) is 9.46 Å². The monoisotopic (exact) mass is 320 g/mol. The summed E-state index contributed by atoms with van der Waals surface area (Å²) >= 11 is 0. The topological polar surface area (TPSA) is 77.1 Å². The number of ether oxygens (including phenoxy) is 2. The molecule has 0 fully saturated rings. The molecule has 0 heterocycles. The molecule has 0 unspecified atom stereocenters. The fourth-order valence-electron chi connectivity index (χ4n) is 1.15. The maximum atomic E-state index is 11.3. The molecule has 0 aliphatic heterocycles. The van der Waals surface area contributed by atoms with Crippen molar-refractivity contribution in [3.05, 3.63) is 0 Å². The van der Waals surface area contributed by atoms with Crippen LogP contribution in [-0.2, 0) is 23.1 Å². The van der Waals surface area contributed by atoms with Crippen LogP contribution in [0.5, 0.6) is 0 Å². The van der Waals surface area contributed by atoms with E-state index >= 15 is 0 Å². The number of phosphoric acid groups is 1. The Morgan fingerprint density at radius 2 is 1.20 bits per heavy atom. The van der Waals surface area contributed by atoms with Gasteiger partial charge in [0.15, 0.2) is 0 Å². The third-order valence-corrected chi connectivity index (χ3v) is 3.24. The van der Waals surface area contributed by atoms with Gasteiger partial charge in [-0.15, -0.1) is 0 Å². The van der Waals surface area contributed by atoms with Gasteiger partial charge in [-0.2, -0.15) is 0 Å². The van der Waals surface area contributed by atoms with Gasteiger partial charge in [-0.05, 0) is 12.8 Å². The molecule has 0 aromatic carbocycles. The fourth-order valence-corrected chi connectivity index (χ4v) is 1.82. The molecule has 0 saturated carbocycles. The Bertz CT molecular complexity index is 222. The molecular weight excluding hydrogens is 294 g/mol. The maximum absolute atomic E-state index is 11.3. The van der Waals surface area contributed by atoms with E-state index in [4.69, 9.17) is 9.47 Å². The summed E-state index contributed by atoms with van der Waals surface area (Å²) in [6.45, 7) is 5.84. The van der Waals surface area contributed by atoms with Crippen molar-refractivity contribution in [2.24, 2.45) is 0 Å². The van der Waals surface area contributed by atoms with Crippen LogP contribution in [0.15, 0.2) is 0 Å². The molecule has 0 aromatic rings. The molecule has 0 rings (SSSR count). The van der Waals surface area contributed by atoms with Crippen molar-refractivity contribution >= 4 is 7.82 Å². The van der Waals surface area contributed by atoms with Gasteiger partial charge in [-0.25, -0.2) is 0 Å². The van der Waals surface area contributed by atoms with Crippen LogP contribution in [0, 0.1) is 0 Å². The second-order valence-corrected chi connectivity index (χ2v) is 5.46. The maximum Gasteiger partial charge on any atom is 1.00 e. The minimum absolute atomic E-state index is 0. The van der Waals surface area contributed by atoms with Crippen LogP contribution in [0.25, 0.3) is 0 Å². The summed E-state index contributed by atoms with van der Waals surface area (Å²) in [7, 11) is -4.21. The minimum Gasteiger partial charge on any atom is -0.756 e. The van der Waals surface area contributed by atoms with Crippen molar-refractivity contribution in [2.45, 2.75) is 39.5 Å². The molecule has 8 heteroatoms. The molecule has 0 bridgehead atoms. The molecule has 0 amide bonds. The predicted molar refractivity (Wildman–Crippen MR) is 71.0 cm³/mol. The molecule has 0 saturated heterocycles. The van der Waals surface area contributed by atoms with Gasteiger partial charge in [0.25, 0.3) is 7.82 Å². The Morgan fingerprint density at radius 1 is 0.800 bits per heavy atom. The summed E-state index contributed by atoms with van der Waals surface area (Å²) in [5, 5.41) is 0. The standard InChI is InChI=1S/C12H27O6P.Na/c1-3-5-7-15-9-11-17-19(13,14)18-12-10-16-8-6-4-2;/h3-12H2,1-2H3,(H,13,14);/q;+1/p-1. The average molecular weight is 320 g/mol. The van der Waals surface area contributed by atoms with Gasteiger partial charge in [0.2, 0.25) is 0 Å². The summed E-state index contributed by atoms with van der Waals surface area (Å²) in [5.41, 5.74) is 0. The van der Waals surface area contributed by atoms with Crippen LogP contribution in [0.2, 0.25) is 0 Å². The predicted octanol–water partition coefficient (Wildman–Crippen LogP) is -0.875. The van der Waals surface area contributed by atoms with Gasteiger partial charge in [0, 0.05) is 13.2 Å². The molecule has 0 aliphatic carbocycles. The van der Waals surface area contributed by atoms with Gasteiger partial charge in [0.1, 0.15) is 0 Å². The van der Waals surface area contributed by atoms with Gasteiger partial charge in [-0.3, -0.25) is 4.57 Å². The third-order valence-electron chi connectivity index (χ3n) is 2.24. The van der Waals surface area contributed by atoms with E-state index in [1.165, 1.54) is 0 Å². The molecule has 0 aliphatic rings. The van der Waals surface area contributed by atoms with Gasteiger partial charge in [-0.1, -0.05) is 26.7 Å². The molecular formula is C12H26NaO6P. The molecule has 0 atom stereocenters. The molecule has 0 spiro atoms. The zero-order chi connectivity index (χ0) is 14.4. The van der Waals surface area contributed by atoms with E-state index in [-0.39, 0.29) is 56.0 Å². The quantitative estimate of drug-likeness (QED) is 0.235. The van der Waals surface area contributed by atoms with Crippen LogP contribution in [-0.4, -0.2) is 39.6 Å². The number of unbranched alkanes of at least 4 members (excludes halogenated alkanes) is 2. The first-order valence-corrected chi connectivity index (χ1v) is 8.34. The van der Waals surface area contributed by atoms with E-state index in [0.717, 1.165) is 25.7 Å². The zero-order valence-electron chi connectivity index (χ0n) is 13.0. The normalized spacial score (nSPS) is 11.3. The summed E-state index contributed by atoms with van der Waals surface area (Å²) in [4.78, 5) is 11.3. The van der Waals surface area contributed by atoms with Crippen molar-refractivity contribution in [3.63, 3.8) is 0 Å². The summed E-state index contributed by atoms with van der Waals surface area (Å²) in [5.74, 6) is 0. The third kappa shape index (κ3) is 17.1. The summed E-state index contributed by atoms with van der Waals surface area (Å²) in [6, 6.07) is 0. The first-order valence-electron chi connectivity index (χ1n) is 6.88. The fraction of sp³-hybridized carbons (Fsp3) is 1.00. The molecule has 0 aromatic heterocycles. The van der Waals surface area contributed by atoms with Crippen LogP contribution in [0.3, 0.4) is 0 Å². The number of phosphoric ester groups is 1. The number of rotatable bonds is 14. The van der Waals surface area contributed by atoms with Gasteiger partial charge in [0.05, 0.1) is 26.4 Å². The van der Waals surface area contributed by atoms with E-state index < -0.39 is 7.82 Å². The van der Waals surface area contributed by atoms with E-state index in [1.807, 2.05) is 0 Å². The van der Waals surface area contributed by atoms with Crippen molar-refractivity contribution < 1.29 is 57.5 Å². The zero-order valence-corrected chi connectivity index (χ0v) is 15.9. The van der Waals surface area contributed by atoms with E-state index in [1.54, 1.807) is 0 Å². The van der Waals surface area contributed by atoms with Crippen molar-refractivity contribution in [1.29, 1.82) is 0 Å². The van der Waals surface area contributed by atoms with Gasteiger partial charge < -0.3 is 23.4 Å². The Balaban J connectivity index is 0. The van der Waals surface area contributed by atoms with E-state index in [0.29, 0.717) is 13.2 Å². The number of hydrogen-bond donors (Lipinski definition) is 0. The van der Waals surface area contributed by atoms with E-state index in [2.05, 4.69) is 22.9 Å². The Morgan fingerprint density at radius 3 is 1.55 bits per heavy atom. The Kier molecular flexibility index (Phi) is 19.1. The minimum atomic E-state index is -4.21. The first-order chi connectivity index (χ1) is 9.12. The average Bonchev–Trinajstić information content (AvgIpc) is 2.38. The second-order valence-electron chi connectivity index (χ2n) is 4.05. The second kappa shape index (κ2) is 16.4. The van der Waals surface area contributed by atoms with Crippen LogP contribution in [0.4, 0.5) is 0 Å². The molecule has 0 N–H and O–H groups in total. The molecule has 0 radical (unpaired) electrons. The SMILES string of the molecule is CCCCOCCOP(=O)([O-])OCCOCCCC.[Na+]. The van der Waals surface area contributed by atoms with Crippen molar-refractivity contribution in [2.75, 3.05) is 39.6 Å². The largest absolute Gasteiger partial charge is 1.00 e. The van der Waals surface area contributed by atoms with Crippen LogP contribution >= 0.6 is 7.82 Å². The van der Waals surface area contributed by atoms with Crippen molar-refractivity contribution in [1.82, 2.24) is 0 Å². The van der Waals surface area contributed by atoms with Crippen LogP contribution in [0.1, 0.15) is 39.5 Å². The smallest absolute Gasteiger partial charge is 0.756 e. The Hall–Kier alpha value is 1.03. The molecule has 6 nitrogen and oxygen atoms in total. The first kappa shape index (κ1) is 23.3.